The van der Waals surface area contributed by atoms with E-state index in [1.165, 1.54) is 0 Å². The molecule has 0 atom stereocenters. The highest BCUT2D eigenvalue weighted by Gasteiger charge is 3.02. The molecule has 0 unspecified atom stereocenters. The Morgan fingerprint density at radius 3 is 1.17 bits per heavy atom. The summed E-state index contributed by atoms with van der Waals surface area (Å²) in [5.74, 6) is -40.9. The first-order valence-corrected chi connectivity index (χ1v) is 6.01. The molecule has 13 heteroatoms. The lowest BCUT2D eigenvalue weighted by molar-refractivity contribution is -0.505. The van der Waals surface area contributed by atoms with E-state index in [1.54, 1.807) is 0 Å². The lowest BCUT2D eigenvalue weighted by atomic mass is 9.76. The number of morpholine rings is 1. The Bertz CT molecular complexity index is 455. The fraction of sp³-hybridized carbons (Fsp3) is 1.00. The molecule has 0 radical (unpaired) electrons. The van der Waals surface area contributed by atoms with Gasteiger partial charge in [0.25, 0.3) is 0 Å². The Hall–Kier alpha value is -0.850. The predicted molar refractivity (Wildman–Crippen MR) is 51.0 cm³/mol. The van der Waals surface area contributed by atoms with Gasteiger partial charge in [-0.15, -0.1) is 0 Å². The highest BCUT2D eigenvalue weighted by atomic mass is 19.4. The van der Waals surface area contributed by atoms with Crippen LogP contribution in [0.25, 0.3) is 0 Å². The van der Waals surface area contributed by atoms with Crippen molar-refractivity contribution in [2.45, 2.75) is 35.4 Å². The number of hydrogen-bond acceptors (Lipinski definition) is 2. The third kappa shape index (κ3) is 1.72. The predicted octanol–water partition coefficient (Wildman–Crippen LogP) is 3.17. The Morgan fingerprint density at radius 2 is 0.826 bits per heavy atom. The standard InChI is InChI=1S/C10H8F11NO/c11-5(12)6(13,14)8(17,18)10(21,9(19,20)7(5,15)16)22-1-3-23-4-2-22/h1-4H2. The number of hydrogen-bond donors (Lipinski definition) is 0. The van der Waals surface area contributed by atoms with Gasteiger partial charge in [-0.25, -0.2) is 4.39 Å². The summed E-state index contributed by atoms with van der Waals surface area (Å²) in [5, 5.41) is 0. The largest absolute Gasteiger partial charge is 0.384 e. The Labute approximate surface area is 121 Å². The molecule has 0 bridgehead atoms. The average Bonchev–Trinajstić information content (AvgIpc) is 2.45. The van der Waals surface area contributed by atoms with E-state index in [2.05, 4.69) is 4.74 Å². The zero-order chi connectivity index (χ0) is 18.1. The zero-order valence-electron chi connectivity index (χ0n) is 10.8. The summed E-state index contributed by atoms with van der Waals surface area (Å²) in [7, 11) is 0. The Kier molecular flexibility index (Phi) is 3.71. The van der Waals surface area contributed by atoms with Gasteiger partial charge >= 0.3 is 35.4 Å². The minimum atomic E-state index is -7.17. The van der Waals surface area contributed by atoms with Crippen LogP contribution in [0.4, 0.5) is 48.3 Å². The van der Waals surface area contributed by atoms with Crippen molar-refractivity contribution in [1.82, 2.24) is 4.90 Å². The maximum absolute atomic E-state index is 14.4. The number of rotatable bonds is 1. The Balaban J connectivity index is 2.73. The molecule has 1 saturated carbocycles. The zero-order valence-corrected chi connectivity index (χ0v) is 10.8. The van der Waals surface area contributed by atoms with Crippen molar-refractivity contribution in [3.05, 3.63) is 0 Å². The topological polar surface area (TPSA) is 12.5 Å². The van der Waals surface area contributed by atoms with E-state index >= 15 is 0 Å². The highest BCUT2D eigenvalue weighted by Crippen LogP contribution is 2.70. The molecule has 0 aromatic rings. The minimum absolute atomic E-state index is 0.715. The first-order valence-electron chi connectivity index (χ1n) is 6.01. The molecular weight excluding hydrogens is 359 g/mol. The van der Waals surface area contributed by atoms with Crippen molar-refractivity contribution < 1.29 is 53.0 Å². The molecule has 2 rings (SSSR count). The number of nitrogens with zero attached hydrogens (tertiary/aromatic N) is 1. The summed E-state index contributed by atoms with van der Waals surface area (Å²) in [6, 6.07) is 0. The smallest absolute Gasteiger partial charge is 0.379 e. The SMILES string of the molecule is FC1(F)C(F)(F)C(F)(F)C(F)(N2CCOCC2)C(F)(F)C1(F)F. The summed E-state index contributed by atoms with van der Waals surface area (Å²) in [6.45, 7) is -3.82. The van der Waals surface area contributed by atoms with E-state index in [4.69, 9.17) is 0 Å². The maximum atomic E-state index is 14.4. The molecule has 0 amide bonds. The lowest BCUT2D eigenvalue weighted by Crippen LogP contribution is -2.87. The quantitative estimate of drug-likeness (QED) is 0.522. The molecule has 1 aliphatic carbocycles. The molecule has 1 aliphatic heterocycles. The van der Waals surface area contributed by atoms with Crippen molar-refractivity contribution in [3.63, 3.8) is 0 Å². The molecule has 0 N–H and O–H groups in total. The van der Waals surface area contributed by atoms with Crippen LogP contribution < -0.4 is 0 Å². The summed E-state index contributed by atoms with van der Waals surface area (Å²) in [5.41, 5.74) is 0. The van der Waals surface area contributed by atoms with Crippen molar-refractivity contribution in [2.24, 2.45) is 0 Å². The van der Waals surface area contributed by atoms with Gasteiger partial charge in [-0.05, 0) is 0 Å². The van der Waals surface area contributed by atoms with E-state index in [1.807, 2.05) is 0 Å². The Morgan fingerprint density at radius 1 is 0.522 bits per heavy atom. The van der Waals surface area contributed by atoms with Gasteiger partial charge in [-0.1, -0.05) is 0 Å². The normalized spacial score (nSPS) is 34.0. The fourth-order valence-electron chi connectivity index (χ4n) is 2.47. The van der Waals surface area contributed by atoms with Gasteiger partial charge < -0.3 is 4.74 Å². The molecule has 0 spiro atoms. The van der Waals surface area contributed by atoms with Crippen LogP contribution in [0.15, 0.2) is 0 Å². The van der Waals surface area contributed by atoms with Crippen LogP contribution >= 0.6 is 0 Å². The van der Waals surface area contributed by atoms with E-state index in [9.17, 15) is 48.3 Å². The first-order chi connectivity index (χ1) is 10.1. The van der Waals surface area contributed by atoms with Crippen molar-refractivity contribution in [2.75, 3.05) is 26.3 Å². The van der Waals surface area contributed by atoms with Crippen LogP contribution in [-0.4, -0.2) is 66.6 Å². The van der Waals surface area contributed by atoms with E-state index in [0.29, 0.717) is 0 Å². The van der Waals surface area contributed by atoms with Crippen LogP contribution in [0.3, 0.4) is 0 Å². The highest BCUT2D eigenvalue weighted by molar-refractivity contribution is 5.26. The molecule has 2 nitrogen and oxygen atoms in total. The van der Waals surface area contributed by atoms with Crippen molar-refractivity contribution >= 4 is 0 Å². The van der Waals surface area contributed by atoms with Gasteiger partial charge in [0.05, 0.1) is 13.2 Å². The van der Waals surface area contributed by atoms with E-state index in [-0.39, 0.29) is 0 Å². The molecule has 1 heterocycles. The van der Waals surface area contributed by atoms with Gasteiger partial charge in [0, 0.05) is 13.1 Å². The lowest BCUT2D eigenvalue weighted by Gasteiger charge is -2.56. The fourth-order valence-corrected chi connectivity index (χ4v) is 2.47. The molecule has 0 aromatic heterocycles. The second-order valence-electron chi connectivity index (χ2n) is 5.09. The van der Waals surface area contributed by atoms with E-state index in [0.717, 1.165) is 0 Å². The van der Waals surface area contributed by atoms with Crippen molar-refractivity contribution in [1.29, 1.82) is 0 Å². The number of alkyl halides is 11. The molecule has 136 valence electrons. The van der Waals surface area contributed by atoms with Gasteiger partial charge in [0.2, 0.25) is 0 Å². The van der Waals surface area contributed by atoms with Crippen LogP contribution in [0, 0.1) is 0 Å². The summed E-state index contributed by atoms with van der Waals surface area (Å²) in [6.07, 6.45) is 0. The number of halogens is 11. The second kappa shape index (κ2) is 4.61. The number of ether oxygens (including phenoxy) is 1. The van der Waals surface area contributed by atoms with Gasteiger partial charge in [-0.2, -0.15) is 43.9 Å². The monoisotopic (exact) mass is 367 g/mol. The third-order valence-corrected chi connectivity index (χ3v) is 3.86. The molecule has 1 saturated heterocycles. The first kappa shape index (κ1) is 18.5. The average molecular weight is 367 g/mol. The van der Waals surface area contributed by atoms with Crippen molar-refractivity contribution in [3.8, 4) is 0 Å². The van der Waals surface area contributed by atoms with Crippen LogP contribution in [0.1, 0.15) is 0 Å². The molecule has 0 aromatic carbocycles. The third-order valence-electron chi connectivity index (χ3n) is 3.86. The molecular formula is C10H8F11NO. The molecule has 23 heavy (non-hydrogen) atoms. The summed E-state index contributed by atoms with van der Waals surface area (Å²) < 4.78 is 152. The van der Waals surface area contributed by atoms with Gasteiger partial charge in [-0.3, -0.25) is 4.90 Å². The van der Waals surface area contributed by atoms with Crippen LogP contribution in [0.5, 0.6) is 0 Å². The van der Waals surface area contributed by atoms with Crippen LogP contribution in [0.2, 0.25) is 0 Å². The summed E-state index contributed by atoms with van der Waals surface area (Å²) in [4.78, 5) is -0.715. The van der Waals surface area contributed by atoms with Crippen LogP contribution in [-0.2, 0) is 4.74 Å². The van der Waals surface area contributed by atoms with Gasteiger partial charge in [0.15, 0.2) is 0 Å². The van der Waals surface area contributed by atoms with E-state index < -0.39 is 66.6 Å². The van der Waals surface area contributed by atoms with Gasteiger partial charge in [0.1, 0.15) is 0 Å². The maximum Gasteiger partial charge on any atom is 0.384 e. The molecule has 2 fully saturated rings. The summed E-state index contributed by atoms with van der Waals surface area (Å²) >= 11 is 0. The second-order valence-corrected chi connectivity index (χ2v) is 5.09. The molecule has 2 aliphatic rings. The minimum Gasteiger partial charge on any atom is -0.379 e.